The van der Waals surface area contributed by atoms with Gasteiger partial charge in [-0.2, -0.15) is 13.8 Å². The minimum absolute atomic E-state index is 0.466. The van der Waals surface area contributed by atoms with Crippen LogP contribution in [0.5, 0.6) is 5.88 Å². The Morgan fingerprint density at radius 3 is 2.63 bits per heavy atom. The van der Waals surface area contributed by atoms with Crippen LogP contribution >= 0.6 is 23.1 Å². The lowest BCUT2D eigenvalue weighted by molar-refractivity contribution is -0.121. The highest BCUT2D eigenvalue weighted by atomic mass is 32.1. The molecular formula is C22H16N4O2S2. The number of hydrogen-bond acceptors (Lipinski definition) is 7. The van der Waals surface area contributed by atoms with Crippen LogP contribution in [0.2, 0.25) is 0 Å². The van der Waals surface area contributed by atoms with E-state index in [1.54, 1.807) is 16.0 Å². The van der Waals surface area contributed by atoms with Crippen LogP contribution in [0.25, 0.3) is 21.6 Å². The molecule has 3 aromatic heterocycles. The zero-order valence-corrected chi connectivity index (χ0v) is 17.4. The van der Waals surface area contributed by atoms with E-state index in [9.17, 15) is 4.79 Å². The minimum atomic E-state index is 0.466. The fraction of sp³-hybridized carbons (Fsp3) is 0.0909. The third-order valence-corrected chi connectivity index (χ3v) is 6.22. The number of fused-ring (bicyclic) bond motifs is 1. The molecule has 5 aromatic rings. The van der Waals surface area contributed by atoms with Crippen LogP contribution < -0.4 is 4.74 Å². The molecule has 0 aliphatic rings. The predicted octanol–water partition coefficient (Wildman–Crippen LogP) is 4.79. The van der Waals surface area contributed by atoms with Crippen molar-refractivity contribution in [3.05, 3.63) is 82.7 Å². The molecule has 148 valence electrons. The van der Waals surface area contributed by atoms with Gasteiger partial charge in [0.1, 0.15) is 16.7 Å². The van der Waals surface area contributed by atoms with Crippen molar-refractivity contribution in [3.8, 4) is 16.5 Å². The van der Waals surface area contributed by atoms with Crippen molar-refractivity contribution >= 4 is 40.6 Å². The molecule has 0 amide bonds. The van der Waals surface area contributed by atoms with Crippen molar-refractivity contribution in [2.24, 2.45) is 0 Å². The van der Waals surface area contributed by atoms with Gasteiger partial charge in [-0.15, -0.1) is 11.3 Å². The van der Waals surface area contributed by atoms with Crippen LogP contribution in [-0.4, -0.2) is 25.0 Å². The Kier molecular flexibility index (Phi) is 5.08. The zero-order chi connectivity index (χ0) is 20.3. The Morgan fingerprint density at radius 2 is 1.83 bits per heavy atom. The summed E-state index contributed by atoms with van der Waals surface area (Å²) < 4.78 is 15.8. The molecule has 0 spiro atoms. The summed E-state index contributed by atoms with van der Waals surface area (Å²) in [6, 6.07) is 20.0. The second-order valence-electron chi connectivity index (χ2n) is 6.73. The lowest BCUT2D eigenvalue weighted by atomic mass is 10.0. The average molecular weight is 433 g/mol. The van der Waals surface area contributed by atoms with Gasteiger partial charge >= 0.3 is 0 Å². The number of aromatic nitrogens is 4. The quantitative estimate of drug-likeness (QED) is 0.346. The molecule has 3 heterocycles. The largest absolute Gasteiger partial charge is 0.410 e. The summed E-state index contributed by atoms with van der Waals surface area (Å²) >= 11 is 2.81. The van der Waals surface area contributed by atoms with Crippen molar-refractivity contribution in [2.75, 3.05) is 0 Å². The van der Waals surface area contributed by atoms with Gasteiger partial charge in [0.25, 0.3) is 6.47 Å². The lowest BCUT2D eigenvalue weighted by Gasteiger charge is -2.08. The van der Waals surface area contributed by atoms with Crippen LogP contribution in [0.3, 0.4) is 0 Å². The Hall–Kier alpha value is -3.36. The molecule has 0 aliphatic heterocycles. The molecule has 0 fully saturated rings. The molecule has 0 bridgehead atoms. The number of thiophene rings is 1. The number of nitrogens with zero attached hydrogens (tertiary/aromatic N) is 4. The molecule has 0 saturated heterocycles. The monoisotopic (exact) mass is 432 g/mol. The second-order valence-corrected chi connectivity index (χ2v) is 8.21. The first-order chi connectivity index (χ1) is 14.8. The van der Waals surface area contributed by atoms with Gasteiger partial charge in [-0.3, -0.25) is 4.79 Å². The Labute approximate surface area is 180 Å². The summed E-state index contributed by atoms with van der Waals surface area (Å²) in [5.41, 5.74) is 5.59. The number of carbonyl (C=O) groups excluding carboxylic acids is 1. The van der Waals surface area contributed by atoms with Crippen molar-refractivity contribution < 1.29 is 9.53 Å². The van der Waals surface area contributed by atoms with Gasteiger partial charge in [-0.05, 0) is 34.7 Å². The normalized spacial score (nSPS) is 11.1. The smallest absolute Gasteiger partial charge is 0.299 e. The van der Waals surface area contributed by atoms with E-state index in [1.165, 1.54) is 11.7 Å². The molecule has 8 heteroatoms. The van der Waals surface area contributed by atoms with E-state index >= 15 is 0 Å². The first-order valence-corrected chi connectivity index (χ1v) is 10.9. The Morgan fingerprint density at radius 1 is 0.967 bits per heavy atom. The van der Waals surface area contributed by atoms with E-state index in [1.807, 2.05) is 66.0 Å². The second kappa shape index (κ2) is 8.17. The van der Waals surface area contributed by atoms with Gasteiger partial charge in [0, 0.05) is 12.0 Å². The van der Waals surface area contributed by atoms with Gasteiger partial charge in [0.2, 0.25) is 5.88 Å². The first kappa shape index (κ1) is 18.7. The zero-order valence-electron chi connectivity index (χ0n) is 15.8. The van der Waals surface area contributed by atoms with E-state index in [-0.39, 0.29) is 0 Å². The van der Waals surface area contributed by atoms with E-state index in [0.29, 0.717) is 25.3 Å². The molecule has 2 aromatic carbocycles. The van der Waals surface area contributed by atoms with E-state index in [2.05, 4.69) is 8.75 Å². The Balaban J connectivity index is 1.61. The lowest BCUT2D eigenvalue weighted by Crippen LogP contribution is -2.06. The molecule has 0 atom stereocenters. The SMILES string of the molecule is O=COc1c(Cc2ccc3nsnc3c2)c(-c2cccs2)nn1Cc1ccccc1. The van der Waals surface area contributed by atoms with E-state index in [0.717, 1.165) is 38.3 Å². The van der Waals surface area contributed by atoms with Crippen molar-refractivity contribution in [3.63, 3.8) is 0 Å². The number of rotatable bonds is 7. The maximum atomic E-state index is 11.3. The summed E-state index contributed by atoms with van der Waals surface area (Å²) in [5.74, 6) is 0.466. The number of ether oxygens (including phenoxy) is 1. The molecule has 0 N–H and O–H groups in total. The first-order valence-electron chi connectivity index (χ1n) is 9.31. The summed E-state index contributed by atoms with van der Waals surface area (Å²) in [6.45, 7) is 0.977. The highest BCUT2D eigenvalue weighted by Gasteiger charge is 2.22. The summed E-state index contributed by atoms with van der Waals surface area (Å²) in [5, 5.41) is 6.85. The summed E-state index contributed by atoms with van der Waals surface area (Å²) in [6.07, 6.45) is 0.568. The molecule has 0 saturated carbocycles. The van der Waals surface area contributed by atoms with Gasteiger partial charge in [-0.1, -0.05) is 42.5 Å². The summed E-state index contributed by atoms with van der Waals surface area (Å²) in [4.78, 5) is 12.4. The third kappa shape index (κ3) is 3.62. The van der Waals surface area contributed by atoms with Crippen LogP contribution in [0.4, 0.5) is 0 Å². The fourth-order valence-electron chi connectivity index (χ4n) is 3.44. The molecule has 0 radical (unpaired) electrons. The van der Waals surface area contributed by atoms with Gasteiger partial charge in [0.15, 0.2) is 0 Å². The minimum Gasteiger partial charge on any atom is -0.410 e. The van der Waals surface area contributed by atoms with Gasteiger partial charge in [0.05, 0.1) is 23.2 Å². The molecule has 0 unspecified atom stereocenters. The standard InChI is InChI=1S/C22H16N4O2S2/c27-14-28-22-17(11-16-8-9-18-19(12-16)25-30-24-18)21(20-7-4-10-29-20)23-26(22)13-15-5-2-1-3-6-15/h1-10,12,14H,11,13H2. The molecule has 6 nitrogen and oxygen atoms in total. The van der Waals surface area contributed by atoms with Crippen molar-refractivity contribution in [2.45, 2.75) is 13.0 Å². The average Bonchev–Trinajstić information content (AvgIpc) is 3.51. The summed E-state index contributed by atoms with van der Waals surface area (Å²) in [7, 11) is 0. The molecule has 5 rings (SSSR count). The van der Waals surface area contributed by atoms with E-state index < -0.39 is 0 Å². The molecule has 0 aliphatic carbocycles. The van der Waals surface area contributed by atoms with Gasteiger partial charge in [-0.25, -0.2) is 4.68 Å². The van der Waals surface area contributed by atoms with E-state index in [4.69, 9.17) is 9.84 Å². The molecule has 30 heavy (non-hydrogen) atoms. The van der Waals surface area contributed by atoms with Crippen LogP contribution in [0.15, 0.2) is 66.0 Å². The topological polar surface area (TPSA) is 69.9 Å². The fourth-order valence-corrected chi connectivity index (χ4v) is 4.69. The molecular weight excluding hydrogens is 416 g/mol. The maximum absolute atomic E-state index is 11.3. The maximum Gasteiger partial charge on any atom is 0.299 e. The highest BCUT2D eigenvalue weighted by Crippen LogP contribution is 2.35. The predicted molar refractivity (Wildman–Crippen MR) is 118 cm³/mol. The number of hydrogen-bond donors (Lipinski definition) is 0. The van der Waals surface area contributed by atoms with Crippen molar-refractivity contribution in [1.82, 2.24) is 18.5 Å². The Bertz CT molecular complexity index is 1290. The third-order valence-electron chi connectivity index (χ3n) is 4.79. The van der Waals surface area contributed by atoms with Crippen molar-refractivity contribution in [1.29, 1.82) is 0 Å². The number of carbonyl (C=O) groups is 1. The highest BCUT2D eigenvalue weighted by molar-refractivity contribution is 7.13. The van der Waals surface area contributed by atoms with Crippen LogP contribution in [0, 0.1) is 0 Å². The number of benzene rings is 2. The van der Waals surface area contributed by atoms with Crippen LogP contribution in [0.1, 0.15) is 16.7 Å². The van der Waals surface area contributed by atoms with Crippen LogP contribution in [-0.2, 0) is 17.8 Å². The van der Waals surface area contributed by atoms with Gasteiger partial charge < -0.3 is 4.74 Å².